The van der Waals surface area contributed by atoms with Crippen LogP contribution in [0, 0.1) is 9.39 Å². The van der Waals surface area contributed by atoms with E-state index in [2.05, 4.69) is 5.10 Å². The molecule has 0 amide bonds. The number of ketones is 1. The fraction of sp³-hybridized carbons (Fsp3) is 0.333. The zero-order chi connectivity index (χ0) is 14.7. The highest BCUT2D eigenvalue weighted by atomic mass is 127. The number of carbonyl (C=O) groups excluding carboxylic acids is 1. The van der Waals surface area contributed by atoms with Gasteiger partial charge in [-0.25, -0.2) is 4.39 Å². The Morgan fingerprint density at radius 2 is 2.10 bits per heavy atom. The largest absolute Gasteiger partial charge is 0.294 e. The van der Waals surface area contributed by atoms with E-state index in [1.807, 2.05) is 47.2 Å². The van der Waals surface area contributed by atoms with Crippen LogP contribution in [0.1, 0.15) is 35.6 Å². The van der Waals surface area contributed by atoms with Crippen LogP contribution in [0.5, 0.6) is 0 Å². The van der Waals surface area contributed by atoms with Crippen LogP contribution in [0.2, 0.25) is 0 Å². The summed E-state index contributed by atoms with van der Waals surface area (Å²) in [5, 5.41) is 4.43. The minimum absolute atomic E-state index is 0.00773. The summed E-state index contributed by atoms with van der Waals surface area (Å²) in [5.74, 6) is -0.329. The molecule has 0 spiro atoms. The van der Waals surface area contributed by atoms with Crippen molar-refractivity contribution >= 4 is 28.4 Å². The Balaban J connectivity index is 2.25. The SMILES string of the molecule is CCc1cc(CC(=O)c2ccc(F)cc2I)n(CC)n1. The van der Waals surface area contributed by atoms with Gasteiger partial charge in [0.15, 0.2) is 5.78 Å². The zero-order valence-corrected chi connectivity index (χ0v) is 13.6. The van der Waals surface area contributed by atoms with Crippen molar-refractivity contribution < 1.29 is 9.18 Å². The molecule has 0 aliphatic carbocycles. The number of nitrogens with zero attached hydrogens (tertiary/aromatic N) is 2. The average molecular weight is 386 g/mol. The van der Waals surface area contributed by atoms with Gasteiger partial charge in [0.2, 0.25) is 0 Å². The van der Waals surface area contributed by atoms with Crippen molar-refractivity contribution in [2.75, 3.05) is 0 Å². The average Bonchev–Trinajstić information content (AvgIpc) is 2.80. The van der Waals surface area contributed by atoms with Gasteiger partial charge in [0.1, 0.15) is 5.82 Å². The molecular formula is C15H16FIN2O. The molecule has 0 saturated carbocycles. The lowest BCUT2D eigenvalue weighted by Crippen LogP contribution is -2.11. The molecule has 0 atom stereocenters. The van der Waals surface area contributed by atoms with E-state index in [1.165, 1.54) is 12.1 Å². The Bertz CT molecular complexity index is 637. The standard InChI is InChI=1S/C15H16FIN2O/c1-3-11-8-12(19(4-2)18-11)9-15(20)13-6-5-10(16)7-14(13)17/h5-8H,3-4,9H2,1-2H3. The predicted octanol–water partition coefficient (Wildman–Crippen LogP) is 3.63. The first-order valence-electron chi connectivity index (χ1n) is 6.59. The van der Waals surface area contributed by atoms with Crippen LogP contribution in [0.15, 0.2) is 24.3 Å². The van der Waals surface area contributed by atoms with Crippen molar-refractivity contribution in [1.29, 1.82) is 0 Å². The van der Waals surface area contributed by atoms with Crippen molar-refractivity contribution in [2.24, 2.45) is 0 Å². The predicted molar refractivity (Wildman–Crippen MR) is 84.4 cm³/mol. The Kier molecular flexibility index (Phi) is 4.91. The molecule has 20 heavy (non-hydrogen) atoms. The summed E-state index contributed by atoms with van der Waals surface area (Å²) in [6.45, 7) is 4.78. The number of hydrogen-bond donors (Lipinski definition) is 0. The van der Waals surface area contributed by atoms with Gasteiger partial charge in [-0.2, -0.15) is 5.10 Å². The van der Waals surface area contributed by atoms with Crippen LogP contribution in [-0.2, 0) is 19.4 Å². The molecule has 1 aromatic carbocycles. The van der Waals surface area contributed by atoms with Crippen LogP contribution in [0.3, 0.4) is 0 Å². The van der Waals surface area contributed by atoms with Gasteiger partial charge in [-0.05, 0) is 60.2 Å². The third-order valence-corrected chi connectivity index (χ3v) is 4.04. The van der Waals surface area contributed by atoms with Crippen molar-refractivity contribution in [1.82, 2.24) is 9.78 Å². The molecule has 1 aromatic heterocycles. The summed E-state index contributed by atoms with van der Waals surface area (Å²) >= 11 is 1.99. The molecule has 2 aromatic rings. The van der Waals surface area contributed by atoms with Crippen LogP contribution in [-0.4, -0.2) is 15.6 Å². The molecule has 1 heterocycles. The maximum Gasteiger partial charge on any atom is 0.169 e. The van der Waals surface area contributed by atoms with E-state index in [-0.39, 0.29) is 11.6 Å². The van der Waals surface area contributed by atoms with E-state index in [9.17, 15) is 9.18 Å². The van der Waals surface area contributed by atoms with Crippen molar-refractivity contribution in [2.45, 2.75) is 33.2 Å². The Morgan fingerprint density at radius 3 is 2.70 bits per heavy atom. The molecule has 2 rings (SSSR count). The maximum atomic E-state index is 13.1. The molecule has 0 N–H and O–H groups in total. The van der Waals surface area contributed by atoms with Gasteiger partial charge in [0.05, 0.1) is 12.1 Å². The molecule has 0 saturated heterocycles. The highest BCUT2D eigenvalue weighted by Crippen LogP contribution is 2.17. The van der Waals surface area contributed by atoms with Gasteiger partial charge < -0.3 is 0 Å². The lowest BCUT2D eigenvalue weighted by molar-refractivity contribution is 0.0989. The summed E-state index contributed by atoms with van der Waals surface area (Å²) in [6, 6.07) is 6.22. The summed E-state index contributed by atoms with van der Waals surface area (Å²) in [6.07, 6.45) is 1.14. The second-order valence-electron chi connectivity index (χ2n) is 4.52. The van der Waals surface area contributed by atoms with Crippen LogP contribution < -0.4 is 0 Å². The Morgan fingerprint density at radius 1 is 1.35 bits per heavy atom. The lowest BCUT2D eigenvalue weighted by atomic mass is 10.1. The van der Waals surface area contributed by atoms with E-state index in [1.54, 1.807) is 6.07 Å². The van der Waals surface area contributed by atoms with E-state index < -0.39 is 0 Å². The fourth-order valence-corrected chi connectivity index (χ4v) is 2.86. The van der Waals surface area contributed by atoms with E-state index in [0.717, 1.165) is 24.4 Å². The Labute approximate surface area is 131 Å². The molecular weight excluding hydrogens is 370 g/mol. The summed E-state index contributed by atoms with van der Waals surface area (Å²) in [7, 11) is 0. The van der Waals surface area contributed by atoms with Gasteiger partial charge in [0.25, 0.3) is 0 Å². The minimum Gasteiger partial charge on any atom is -0.294 e. The van der Waals surface area contributed by atoms with Crippen molar-refractivity contribution in [3.8, 4) is 0 Å². The number of Topliss-reactive ketones (excluding diaryl/α,β-unsaturated/α-hetero) is 1. The highest BCUT2D eigenvalue weighted by Gasteiger charge is 2.15. The van der Waals surface area contributed by atoms with Gasteiger partial charge in [-0.1, -0.05) is 6.92 Å². The van der Waals surface area contributed by atoms with Crippen LogP contribution in [0.4, 0.5) is 4.39 Å². The summed E-state index contributed by atoms with van der Waals surface area (Å²) < 4.78 is 15.6. The van der Waals surface area contributed by atoms with Crippen molar-refractivity contribution in [3.05, 3.63) is 50.6 Å². The lowest BCUT2D eigenvalue weighted by Gasteiger charge is -2.06. The van der Waals surface area contributed by atoms with Gasteiger partial charge in [-0.3, -0.25) is 9.48 Å². The zero-order valence-electron chi connectivity index (χ0n) is 11.5. The van der Waals surface area contributed by atoms with Gasteiger partial charge in [-0.15, -0.1) is 0 Å². The number of benzene rings is 1. The van der Waals surface area contributed by atoms with Crippen molar-refractivity contribution in [3.63, 3.8) is 0 Å². The molecule has 0 fully saturated rings. The molecule has 106 valence electrons. The minimum atomic E-state index is -0.321. The fourth-order valence-electron chi connectivity index (χ4n) is 2.08. The molecule has 0 aliphatic rings. The monoisotopic (exact) mass is 386 g/mol. The third-order valence-electron chi connectivity index (χ3n) is 3.15. The molecule has 0 aliphatic heterocycles. The Hall–Kier alpha value is -1.24. The number of halogens is 2. The second kappa shape index (κ2) is 6.47. The summed E-state index contributed by atoms with van der Waals surface area (Å²) in [4.78, 5) is 12.3. The molecule has 0 unspecified atom stereocenters. The highest BCUT2D eigenvalue weighted by molar-refractivity contribution is 14.1. The smallest absolute Gasteiger partial charge is 0.169 e. The number of rotatable bonds is 5. The first kappa shape index (κ1) is 15.2. The summed E-state index contributed by atoms with van der Waals surface area (Å²) in [5.41, 5.74) is 2.46. The van der Waals surface area contributed by atoms with Gasteiger partial charge >= 0.3 is 0 Å². The number of aryl methyl sites for hydroxylation is 2. The first-order chi connectivity index (χ1) is 9.55. The van der Waals surface area contributed by atoms with Crippen LogP contribution in [0.25, 0.3) is 0 Å². The van der Waals surface area contributed by atoms with Crippen LogP contribution >= 0.6 is 22.6 Å². The van der Waals surface area contributed by atoms with E-state index >= 15 is 0 Å². The maximum absolute atomic E-state index is 13.1. The van der Waals surface area contributed by atoms with E-state index in [4.69, 9.17) is 0 Å². The van der Waals surface area contributed by atoms with Gasteiger partial charge in [0, 0.05) is 21.4 Å². The quantitative estimate of drug-likeness (QED) is 0.581. The second-order valence-corrected chi connectivity index (χ2v) is 5.68. The topological polar surface area (TPSA) is 34.9 Å². The third kappa shape index (κ3) is 3.26. The molecule has 0 bridgehead atoms. The van der Waals surface area contributed by atoms with E-state index in [0.29, 0.717) is 15.6 Å². The molecule has 5 heteroatoms. The number of hydrogen-bond acceptors (Lipinski definition) is 2. The normalized spacial score (nSPS) is 10.8. The molecule has 0 radical (unpaired) electrons. The number of carbonyl (C=O) groups is 1. The number of aromatic nitrogens is 2. The molecule has 3 nitrogen and oxygen atoms in total. The first-order valence-corrected chi connectivity index (χ1v) is 7.66.